The van der Waals surface area contributed by atoms with Crippen molar-refractivity contribution in [3.8, 4) is 22.6 Å². The van der Waals surface area contributed by atoms with Crippen LogP contribution in [0.4, 0.5) is 0 Å². The van der Waals surface area contributed by atoms with Gasteiger partial charge in [-0.05, 0) is 111 Å². The number of fused-ring (bicyclic) bond motifs is 9. The van der Waals surface area contributed by atoms with Crippen molar-refractivity contribution in [2.45, 2.75) is 37.9 Å². The first-order valence-corrected chi connectivity index (χ1v) is 12.3. The van der Waals surface area contributed by atoms with Gasteiger partial charge in [0.2, 0.25) is 0 Å². The molecule has 2 aromatic carbocycles. The van der Waals surface area contributed by atoms with Crippen LogP contribution in [-0.4, -0.2) is 67.1 Å². The Bertz CT molecular complexity index is 983. The van der Waals surface area contributed by atoms with Gasteiger partial charge in [0.25, 0.3) is 0 Å². The Balaban J connectivity index is 1.11. The lowest BCUT2D eigenvalue weighted by Gasteiger charge is -2.44. The fourth-order valence-electron chi connectivity index (χ4n) is 6.62. The Morgan fingerprint density at radius 2 is 1.06 bits per heavy atom. The van der Waals surface area contributed by atoms with Crippen LogP contribution in [-0.2, 0) is 0 Å². The van der Waals surface area contributed by atoms with Gasteiger partial charge in [-0.15, -0.1) is 0 Å². The van der Waals surface area contributed by atoms with E-state index in [2.05, 4.69) is 21.9 Å². The number of ether oxygens (including phenoxy) is 2. The molecule has 2 aromatic rings. The second-order valence-electron chi connectivity index (χ2n) is 10.3. The van der Waals surface area contributed by atoms with Crippen molar-refractivity contribution < 1.29 is 14.3 Å². The summed E-state index contributed by atoms with van der Waals surface area (Å²) in [7, 11) is 0. The lowest BCUT2D eigenvalue weighted by Crippen LogP contribution is -2.52. The molecule has 6 heterocycles. The van der Waals surface area contributed by atoms with Crippen LogP contribution < -0.4 is 9.47 Å². The Morgan fingerprint density at radius 1 is 0.625 bits per heavy atom. The van der Waals surface area contributed by atoms with E-state index >= 15 is 0 Å². The molecule has 0 unspecified atom stereocenters. The zero-order valence-corrected chi connectivity index (χ0v) is 18.5. The number of piperidine rings is 6. The number of hydrogen-bond donors (Lipinski definition) is 0. The third-order valence-corrected chi connectivity index (χ3v) is 8.53. The van der Waals surface area contributed by atoms with Crippen molar-refractivity contribution in [3.63, 3.8) is 0 Å². The predicted octanol–water partition coefficient (Wildman–Crippen LogP) is 3.84. The van der Waals surface area contributed by atoms with Crippen LogP contribution in [0.15, 0.2) is 36.4 Å². The molecule has 0 aromatic heterocycles. The van der Waals surface area contributed by atoms with Gasteiger partial charge in [0.05, 0.1) is 0 Å². The van der Waals surface area contributed by atoms with Crippen molar-refractivity contribution in [2.75, 3.05) is 39.3 Å². The molecule has 9 rings (SSSR count). The maximum Gasteiger partial charge on any atom is 0.194 e. The highest BCUT2D eigenvalue weighted by atomic mass is 16.5. The minimum Gasteiger partial charge on any atom is -0.489 e. The molecular formula is C27H30N2O3. The summed E-state index contributed by atoms with van der Waals surface area (Å²) in [4.78, 5) is 18.3. The zero-order chi connectivity index (χ0) is 21.2. The number of ketones is 1. The topological polar surface area (TPSA) is 42.0 Å². The molecule has 5 nitrogen and oxygen atoms in total. The highest BCUT2D eigenvalue weighted by molar-refractivity contribution is 6.22. The van der Waals surface area contributed by atoms with Crippen LogP contribution in [0.5, 0.6) is 11.5 Å². The molecule has 1 aliphatic carbocycles. The summed E-state index contributed by atoms with van der Waals surface area (Å²) in [6.07, 6.45) is 5.39. The van der Waals surface area contributed by atoms with Crippen molar-refractivity contribution in [3.05, 3.63) is 47.5 Å². The van der Waals surface area contributed by atoms with E-state index in [0.29, 0.717) is 11.8 Å². The molecule has 7 aliphatic rings. The van der Waals surface area contributed by atoms with Gasteiger partial charge in [0, 0.05) is 24.2 Å². The average molecular weight is 431 g/mol. The number of hydrogen-bond acceptors (Lipinski definition) is 5. The quantitative estimate of drug-likeness (QED) is 0.629. The van der Waals surface area contributed by atoms with E-state index in [0.717, 1.165) is 46.8 Å². The Labute approximate surface area is 189 Å². The molecule has 32 heavy (non-hydrogen) atoms. The molecule has 6 fully saturated rings. The third kappa shape index (κ3) is 3.09. The number of nitrogens with zero attached hydrogens (tertiary/aromatic N) is 2. The van der Waals surface area contributed by atoms with Crippen LogP contribution in [0.1, 0.15) is 41.6 Å². The molecule has 6 aliphatic heterocycles. The number of carbonyl (C=O) groups is 1. The van der Waals surface area contributed by atoms with E-state index in [1.807, 2.05) is 24.3 Å². The molecule has 5 heteroatoms. The van der Waals surface area contributed by atoms with Crippen LogP contribution in [0.25, 0.3) is 11.1 Å². The van der Waals surface area contributed by atoms with Crippen LogP contribution >= 0.6 is 0 Å². The van der Waals surface area contributed by atoms with Gasteiger partial charge in [-0.1, -0.05) is 0 Å². The molecule has 4 bridgehead atoms. The van der Waals surface area contributed by atoms with E-state index in [1.54, 1.807) is 0 Å². The van der Waals surface area contributed by atoms with E-state index in [1.165, 1.54) is 51.9 Å². The lowest BCUT2D eigenvalue weighted by molar-refractivity contribution is -0.00779. The van der Waals surface area contributed by atoms with Gasteiger partial charge < -0.3 is 9.47 Å². The Kier molecular flexibility index (Phi) is 4.38. The van der Waals surface area contributed by atoms with Gasteiger partial charge in [0.1, 0.15) is 23.7 Å². The monoisotopic (exact) mass is 430 g/mol. The van der Waals surface area contributed by atoms with Crippen molar-refractivity contribution in [1.82, 2.24) is 9.80 Å². The summed E-state index contributed by atoms with van der Waals surface area (Å²) >= 11 is 0. The van der Waals surface area contributed by atoms with Crippen molar-refractivity contribution in [1.29, 1.82) is 0 Å². The summed E-state index contributed by atoms with van der Waals surface area (Å²) in [5.41, 5.74) is 3.55. The first-order chi connectivity index (χ1) is 15.7. The fraction of sp³-hybridized carbons (Fsp3) is 0.519. The number of benzene rings is 2. The molecule has 166 valence electrons. The van der Waals surface area contributed by atoms with Crippen LogP contribution in [0.3, 0.4) is 0 Å². The standard InChI is InChI=1S/C27H30N2O3/c30-27-23-13-19(31-25-15-28-9-5-17(25)6-10-28)1-3-21(23)22-4-2-20(14-24(22)27)32-26-16-29-11-7-18(26)8-12-29/h1-4,13-14,17-18,25-26H,5-12,15-16H2/t25-,26-/m1/s1. The summed E-state index contributed by atoms with van der Waals surface area (Å²) in [5.74, 6) is 3.04. The molecule has 2 atom stereocenters. The first kappa shape index (κ1) is 19.1. The van der Waals surface area contributed by atoms with E-state index in [9.17, 15) is 4.79 Å². The lowest BCUT2D eigenvalue weighted by atomic mass is 9.86. The van der Waals surface area contributed by atoms with Crippen molar-refractivity contribution in [2.24, 2.45) is 11.8 Å². The van der Waals surface area contributed by atoms with E-state index in [4.69, 9.17) is 9.47 Å². The predicted molar refractivity (Wildman–Crippen MR) is 122 cm³/mol. The molecular weight excluding hydrogens is 400 g/mol. The van der Waals surface area contributed by atoms with Crippen LogP contribution in [0.2, 0.25) is 0 Å². The summed E-state index contributed by atoms with van der Waals surface area (Å²) in [6.45, 7) is 6.82. The molecule has 0 N–H and O–H groups in total. The minimum atomic E-state index is 0.0914. The number of rotatable bonds is 4. The average Bonchev–Trinajstić information content (AvgIpc) is 3.12. The van der Waals surface area contributed by atoms with Gasteiger partial charge in [0.15, 0.2) is 5.78 Å². The Morgan fingerprint density at radius 3 is 1.44 bits per heavy atom. The highest BCUT2D eigenvalue weighted by Gasteiger charge is 2.37. The van der Waals surface area contributed by atoms with Gasteiger partial charge >= 0.3 is 0 Å². The maximum absolute atomic E-state index is 13.3. The third-order valence-electron chi connectivity index (χ3n) is 8.53. The highest BCUT2D eigenvalue weighted by Crippen LogP contribution is 2.41. The maximum atomic E-state index is 13.3. The summed E-state index contributed by atoms with van der Waals surface area (Å²) < 4.78 is 12.8. The molecule has 0 radical (unpaired) electrons. The van der Waals surface area contributed by atoms with Gasteiger partial charge in [-0.2, -0.15) is 0 Å². The molecule has 6 saturated heterocycles. The normalized spacial score (nSPS) is 34.3. The molecule has 0 spiro atoms. The van der Waals surface area contributed by atoms with Gasteiger partial charge in [-0.3, -0.25) is 14.6 Å². The minimum absolute atomic E-state index is 0.0914. The van der Waals surface area contributed by atoms with Gasteiger partial charge in [-0.25, -0.2) is 0 Å². The van der Waals surface area contributed by atoms with E-state index < -0.39 is 0 Å². The smallest absolute Gasteiger partial charge is 0.194 e. The Hall–Kier alpha value is -2.37. The molecule has 0 amide bonds. The summed E-state index contributed by atoms with van der Waals surface area (Å²) in [5, 5.41) is 0. The number of carbonyl (C=O) groups excluding carboxylic acids is 1. The van der Waals surface area contributed by atoms with E-state index in [-0.39, 0.29) is 18.0 Å². The zero-order valence-electron chi connectivity index (χ0n) is 18.5. The van der Waals surface area contributed by atoms with Crippen LogP contribution in [0, 0.1) is 11.8 Å². The fourth-order valence-corrected chi connectivity index (χ4v) is 6.62. The SMILES string of the molecule is O=C1c2cc(O[C@@H]3CN4CCC3CC4)ccc2-c2ccc(O[C@@H]3CN4CCC3CC4)cc21. The second kappa shape index (κ2) is 7.32. The summed E-state index contributed by atoms with van der Waals surface area (Å²) in [6, 6.07) is 12.1. The second-order valence-corrected chi connectivity index (χ2v) is 10.3. The molecule has 0 saturated carbocycles. The van der Waals surface area contributed by atoms with Crippen molar-refractivity contribution >= 4 is 5.78 Å². The largest absolute Gasteiger partial charge is 0.489 e. The first-order valence-electron chi connectivity index (χ1n) is 12.3.